The lowest BCUT2D eigenvalue weighted by Gasteiger charge is -2.36. The van der Waals surface area contributed by atoms with Gasteiger partial charge in [0.2, 0.25) is 0 Å². The van der Waals surface area contributed by atoms with Crippen LogP contribution in [-0.4, -0.2) is 22.8 Å². The molecule has 0 aromatic heterocycles. The molecule has 0 aliphatic rings. The van der Waals surface area contributed by atoms with Crippen molar-refractivity contribution in [2.45, 2.75) is 17.9 Å². The van der Waals surface area contributed by atoms with E-state index in [1.54, 1.807) is 24.3 Å². The summed E-state index contributed by atoms with van der Waals surface area (Å²) in [5, 5.41) is 18.7. The fourth-order valence-corrected chi connectivity index (χ4v) is 4.31. The molecule has 0 aliphatic carbocycles. The number of rotatable bonds is 9. The number of carbonyl (C=O) groups is 1. The van der Waals surface area contributed by atoms with Crippen molar-refractivity contribution in [3.05, 3.63) is 138 Å². The molecule has 0 spiro atoms. The van der Waals surface area contributed by atoms with Crippen molar-refractivity contribution in [3.63, 3.8) is 0 Å². The summed E-state index contributed by atoms with van der Waals surface area (Å²) in [6, 6.07) is 37.9. The summed E-state index contributed by atoms with van der Waals surface area (Å²) in [4.78, 5) is 11.0. The normalized spacial score (nSPS) is 12.2. The van der Waals surface area contributed by atoms with Gasteiger partial charge in [-0.3, -0.25) is 0 Å². The molecule has 0 amide bonds. The Morgan fingerprint density at radius 1 is 0.697 bits per heavy atom. The van der Waals surface area contributed by atoms with Crippen LogP contribution in [0.1, 0.15) is 34.8 Å². The molecule has 1 unspecified atom stereocenters. The Morgan fingerprint density at radius 3 is 1.52 bits per heavy atom. The second kappa shape index (κ2) is 10.2. The Balaban J connectivity index is 1.66. The highest BCUT2D eigenvalue weighted by atomic mass is 16.5. The van der Waals surface area contributed by atoms with E-state index in [1.165, 1.54) is 16.7 Å². The molecule has 4 aromatic carbocycles. The van der Waals surface area contributed by atoms with Crippen LogP contribution in [0.2, 0.25) is 0 Å². The minimum atomic E-state index is -1.54. The van der Waals surface area contributed by atoms with Gasteiger partial charge in [0.1, 0.15) is 5.75 Å². The van der Waals surface area contributed by atoms with Gasteiger partial charge in [0.05, 0.1) is 6.61 Å². The van der Waals surface area contributed by atoms with Gasteiger partial charge in [-0.2, -0.15) is 0 Å². The summed E-state index contributed by atoms with van der Waals surface area (Å²) in [6.45, 7) is 0.444. The Kier molecular flexibility index (Phi) is 6.86. The van der Waals surface area contributed by atoms with Gasteiger partial charge in [-0.05, 0) is 40.8 Å². The minimum absolute atomic E-state index is 0.321. The van der Waals surface area contributed by atoms with Crippen molar-refractivity contribution in [1.29, 1.82) is 0 Å². The topological polar surface area (TPSA) is 66.8 Å². The summed E-state index contributed by atoms with van der Waals surface area (Å²) in [5.41, 5.74) is 3.48. The van der Waals surface area contributed by atoms with Crippen LogP contribution in [0.5, 0.6) is 5.75 Å². The molecule has 0 radical (unpaired) electrons. The van der Waals surface area contributed by atoms with E-state index in [0.717, 1.165) is 0 Å². The van der Waals surface area contributed by atoms with Crippen molar-refractivity contribution in [2.75, 3.05) is 6.61 Å². The predicted molar refractivity (Wildman–Crippen MR) is 128 cm³/mol. The van der Waals surface area contributed by atoms with Gasteiger partial charge in [0.25, 0.3) is 0 Å². The van der Waals surface area contributed by atoms with Gasteiger partial charge in [0, 0.05) is 5.41 Å². The maximum atomic E-state index is 11.0. The molecule has 0 aliphatic heterocycles. The zero-order valence-electron chi connectivity index (χ0n) is 18.2. The fourth-order valence-electron chi connectivity index (χ4n) is 4.31. The molecule has 0 bridgehead atoms. The highest BCUT2D eigenvalue weighted by Crippen LogP contribution is 2.42. The molecule has 0 saturated heterocycles. The van der Waals surface area contributed by atoms with E-state index in [1.807, 2.05) is 18.2 Å². The first-order chi connectivity index (χ1) is 16.1. The molecule has 0 heterocycles. The van der Waals surface area contributed by atoms with E-state index in [2.05, 4.69) is 72.8 Å². The highest BCUT2D eigenvalue weighted by Gasteiger charge is 2.36. The van der Waals surface area contributed by atoms with Crippen LogP contribution in [0.4, 0.5) is 0 Å². The average Bonchev–Trinajstić information content (AvgIpc) is 2.88. The molecule has 4 aromatic rings. The van der Waals surface area contributed by atoms with Crippen molar-refractivity contribution in [1.82, 2.24) is 0 Å². The molecule has 4 rings (SSSR count). The molecular weight excluding hydrogens is 412 g/mol. The third-order valence-electron chi connectivity index (χ3n) is 5.98. The van der Waals surface area contributed by atoms with Gasteiger partial charge in [-0.15, -0.1) is 0 Å². The molecule has 4 heteroatoms. The number of carboxylic acids is 1. The number of hydrogen-bond acceptors (Lipinski definition) is 3. The van der Waals surface area contributed by atoms with E-state index in [9.17, 15) is 9.90 Å². The van der Waals surface area contributed by atoms with Crippen molar-refractivity contribution >= 4 is 5.97 Å². The number of aliphatic hydroxyl groups excluding tert-OH is 1. The van der Waals surface area contributed by atoms with E-state index >= 15 is 0 Å². The Hall–Kier alpha value is -3.89. The van der Waals surface area contributed by atoms with Crippen LogP contribution >= 0.6 is 0 Å². The third-order valence-corrected chi connectivity index (χ3v) is 5.98. The van der Waals surface area contributed by atoms with E-state index in [-0.39, 0.29) is 0 Å². The summed E-state index contributed by atoms with van der Waals surface area (Å²) in [7, 11) is 0. The first-order valence-electron chi connectivity index (χ1n) is 10.9. The number of ether oxygens (including phenoxy) is 1. The summed E-state index contributed by atoms with van der Waals surface area (Å²) >= 11 is 0. The number of aliphatic carboxylic acids is 1. The zero-order valence-corrected chi connectivity index (χ0v) is 18.2. The Morgan fingerprint density at radius 2 is 1.12 bits per heavy atom. The third kappa shape index (κ3) is 4.81. The lowest BCUT2D eigenvalue weighted by molar-refractivity contribution is -0.146. The molecule has 166 valence electrons. The zero-order chi connectivity index (χ0) is 23.1. The van der Waals surface area contributed by atoms with Crippen LogP contribution in [0.3, 0.4) is 0 Å². The van der Waals surface area contributed by atoms with Gasteiger partial charge >= 0.3 is 5.97 Å². The molecule has 1 atom stereocenters. The van der Waals surface area contributed by atoms with Crippen LogP contribution in [0.15, 0.2) is 115 Å². The fraction of sp³-hybridized carbons (Fsp3) is 0.138. The number of carboxylic acid groups (broad SMARTS) is 1. The van der Waals surface area contributed by atoms with Crippen molar-refractivity contribution < 1.29 is 19.7 Å². The average molecular weight is 439 g/mol. The molecule has 0 saturated carbocycles. The molecular formula is C29H26O4. The maximum absolute atomic E-state index is 11.0. The van der Waals surface area contributed by atoms with Crippen molar-refractivity contribution in [2.24, 2.45) is 0 Å². The lowest BCUT2D eigenvalue weighted by atomic mass is 9.67. The molecule has 33 heavy (non-hydrogen) atoms. The van der Waals surface area contributed by atoms with E-state index in [0.29, 0.717) is 24.3 Å². The van der Waals surface area contributed by atoms with E-state index in [4.69, 9.17) is 9.84 Å². The molecule has 2 N–H and O–H groups in total. The second-order valence-electron chi connectivity index (χ2n) is 7.91. The minimum Gasteiger partial charge on any atom is -0.494 e. The standard InChI is InChI=1S/C29H26O4/c30-27(28(31)32)22-16-18-26(19-17-22)33-21-20-29(23-10-4-1-5-11-23,24-12-6-2-7-13-24)25-14-8-3-9-15-25/h1-19,27,30H,20-21H2,(H,31,32). The van der Waals surface area contributed by atoms with Gasteiger partial charge in [0.15, 0.2) is 6.10 Å². The predicted octanol–water partition coefficient (Wildman–Crippen LogP) is 5.61. The van der Waals surface area contributed by atoms with Gasteiger partial charge in [-0.1, -0.05) is 103 Å². The lowest BCUT2D eigenvalue weighted by Crippen LogP contribution is -2.31. The van der Waals surface area contributed by atoms with Crippen LogP contribution < -0.4 is 4.74 Å². The summed E-state index contributed by atoms with van der Waals surface area (Å²) in [6.07, 6.45) is -0.842. The molecule has 4 nitrogen and oxygen atoms in total. The number of hydrogen-bond donors (Lipinski definition) is 2. The largest absolute Gasteiger partial charge is 0.494 e. The highest BCUT2D eigenvalue weighted by molar-refractivity contribution is 5.74. The van der Waals surface area contributed by atoms with E-state index < -0.39 is 17.5 Å². The summed E-state index contributed by atoms with van der Waals surface area (Å²) < 4.78 is 6.09. The second-order valence-corrected chi connectivity index (χ2v) is 7.91. The van der Waals surface area contributed by atoms with Crippen LogP contribution in [0, 0.1) is 0 Å². The van der Waals surface area contributed by atoms with Gasteiger partial charge in [-0.25, -0.2) is 4.79 Å². The monoisotopic (exact) mass is 438 g/mol. The quantitative estimate of drug-likeness (QED) is 0.334. The summed E-state index contributed by atoms with van der Waals surface area (Å²) in [5.74, 6) is -0.651. The maximum Gasteiger partial charge on any atom is 0.337 e. The number of benzene rings is 4. The molecule has 0 fully saturated rings. The van der Waals surface area contributed by atoms with Crippen LogP contribution in [0.25, 0.3) is 0 Å². The first kappa shape index (κ1) is 22.3. The smallest absolute Gasteiger partial charge is 0.337 e. The Bertz CT molecular complexity index is 1060. The Labute approximate surface area is 193 Å². The SMILES string of the molecule is O=C(O)C(O)c1ccc(OCCC(c2ccccc2)(c2ccccc2)c2ccccc2)cc1. The number of aliphatic hydroxyl groups is 1. The van der Waals surface area contributed by atoms with Crippen molar-refractivity contribution in [3.8, 4) is 5.75 Å². The van der Waals surface area contributed by atoms with Gasteiger partial charge < -0.3 is 14.9 Å². The van der Waals surface area contributed by atoms with Crippen LogP contribution in [-0.2, 0) is 10.2 Å². The first-order valence-corrected chi connectivity index (χ1v) is 10.9.